The number of thiophene rings is 1. The Labute approximate surface area is 170 Å². The van der Waals surface area contributed by atoms with Gasteiger partial charge in [0, 0.05) is 11.1 Å². The summed E-state index contributed by atoms with van der Waals surface area (Å²) in [6.45, 7) is 0. The number of carbonyl (C=O) groups is 1. The summed E-state index contributed by atoms with van der Waals surface area (Å²) in [4.78, 5) is 12.8. The molecule has 10 heteroatoms. The number of hydrogen-bond acceptors (Lipinski definition) is 3. The van der Waals surface area contributed by atoms with Crippen molar-refractivity contribution >= 4 is 44.7 Å². The van der Waals surface area contributed by atoms with Crippen LogP contribution in [0.4, 0.5) is 23.2 Å². The highest BCUT2D eigenvalue weighted by atomic mass is 35.5. The molecular formula is C19H10ClF4N3OS. The minimum atomic E-state index is -4.68. The Hall–Kier alpha value is -2.91. The lowest BCUT2D eigenvalue weighted by Crippen LogP contribution is -2.11. The van der Waals surface area contributed by atoms with Crippen LogP contribution in [0.3, 0.4) is 0 Å². The third kappa shape index (κ3) is 3.70. The fraction of sp³-hybridized carbons (Fsp3) is 0.0526. The van der Waals surface area contributed by atoms with Gasteiger partial charge in [-0.1, -0.05) is 29.8 Å². The molecule has 4 aromatic rings. The van der Waals surface area contributed by atoms with Crippen molar-refractivity contribution in [3.05, 3.63) is 76.0 Å². The number of halogens is 5. The Balaban J connectivity index is 1.77. The van der Waals surface area contributed by atoms with Gasteiger partial charge < -0.3 is 5.32 Å². The zero-order valence-electron chi connectivity index (χ0n) is 14.3. The molecular weight excluding hydrogens is 430 g/mol. The Bertz CT molecular complexity index is 1220. The quantitative estimate of drug-likeness (QED) is 0.389. The van der Waals surface area contributed by atoms with Gasteiger partial charge in [-0.25, -0.2) is 9.07 Å². The largest absolute Gasteiger partial charge is 0.435 e. The van der Waals surface area contributed by atoms with Crippen LogP contribution in [0.25, 0.3) is 15.9 Å². The summed E-state index contributed by atoms with van der Waals surface area (Å²) in [7, 11) is 0. The molecule has 0 aliphatic rings. The van der Waals surface area contributed by atoms with Gasteiger partial charge in [-0.2, -0.15) is 18.3 Å². The maximum atomic E-state index is 13.5. The normalized spacial score (nSPS) is 11.8. The molecule has 0 fully saturated rings. The molecule has 4 rings (SSSR count). The molecule has 0 bridgehead atoms. The van der Waals surface area contributed by atoms with Crippen LogP contribution in [0.1, 0.15) is 15.4 Å². The molecule has 0 saturated carbocycles. The van der Waals surface area contributed by atoms with Gasteiger partial charge in [-0.05, 0) is 36.4 Å². The fourth-order valence-corrected chi connectivity index (χ4v) is 3.95. The number of benzene rings is 2. The third-order valence-electron chi connectivity index (χ3n) is 4.03. The maximum Gasteiger partial charge on any atom is 0.435 e. The zero-order chi connectivity index (χ0) is 20.8. The van der Waals surface area contributed by atoms with Gasteiger partial charge in [0.05, 0.1) is 15.6 Å². The van der Waals surface area contributed by atoms with Crippen molar-refractivity contribution < 1.29 is 22.4 Å². The Kier molecular flexibility index (Phi) is 4.79. The van der Waals surface area contributed by atoms with Crippen LogP contribution in [-0.2, 0) is 6.18 Å². The van der Waals surface area contributed by atoms with Crippen LogP contribution in [0, 0.1) is 5.82 Å². The standard InChI is InChI=1S/C19H10ClF4N3OS/c20-13-8-10(6-7-14(13)21)25-17(28)15-9-12-16(19(22,23)24)26-27(18(12)29-15)11-4-2-1-3-5-11/h1-9H,(H,25,28). The van der Waals surface area contributed by atoms with Crippen LogP contribution in [-0.4, -0.2) is 15.7 Å². The van der Waals surface area contributed by atoms with Crippen molar-refractivity contribution in [1.82, 2.24) is 9.78 Å². The molecule has 0 aliphatic carbocycles. The molecule has 2 aromatic heterocycles. The molecule has 0 saturated heterocycles. The van der Waals surface area contributed by atoms with E-state index in [1.165, 1.54) is 12.1 Å². The monoisotopic (exact) mass is 439 g/mol. The van der Waals surface area contributed by atoms with E-state index in [0.717, 1.165) is 28.2 Å². The number of carbonyl (C=O) groups excluding carboxylic acids is 1. The average Bonchev–Trinajstić information content (AvgIpc) is 3.24. The zero-order valence-corrected chi connectivity index (χ0v) is 15.9. The lowest BCUT2D eigenvalue weighted by molar-refractivity contribution is -0.140. The fourth-order valence-electron chi connectivity index (χ4n) is 2.74. The number of aromatic nitrogens is 2. The summed E-state index contributed by atoms with van der Waals surface area (Å²) >= 11 is 6.56. The number of nitrogens with one attached hydrogen (secondary N) is 1. The number of alkyl halides is 3. The SMILES string of the molecule is O=C(Nc1ccc(F)c(Cl)c1)c1cc2c(C(F)(F)F)nn(-c3ccccc3)c2s1. The number of anilines is 1. The summed E-state index contributed by atoms with van der Waals surface area (Å²) in [5, 5.41) is 5.86. The number of nitrogens with zero attached hydrogens (tertiary/aromatic N) is 2. The summed E-state index contributed by atoms with van der Waals surface area (Å²) < 4.78 is 54.8. The van der Waals surface area contributed by atoms with Crippen LogP contribution < -0.4 is 5.32 Å². The van der Waals surface area contributed by atoms with E-state index >= 15 is 0 Å². The van der Waals surface area contributed by atoms with Crippen LogP contribution in [0.15, 0.2) is 54.6 Å². The lowest BCUT2D eigenvalue weighted by atomic mass is 10.2. The number of rotatable bonds is 3. The Morgan fingerprint density at radius 1 is 1.10 bits per heavy atom. The molecule has 1 amide bonds. The molecule has 2 aromatic carbocycles. The topological polar surface area (TPSA) is 46.9 Å². The van der Waals surface area contributed by atoms with Crippen LogP contribution >= 0.6 is 22.9 Å². The molecule has 148 valence electrons. The second-order valence-corrected chi connectivity index (χ2v) is 7.44. The summed E-state index contributed by atoms with van der Waals surface area (Å²) in [6, 6.07) is 13.1. The van der Waals surface area contributed by atoms with Crippen LogP contribution in [0.5, 0.6) is 0 Å². The average molecular weight is 440 g/mol. The Morgan fingerprint density at radius 3 is 2.48 bits per heavy atom. The van der Waals surface area contributed by atoms with E-state index in [4.69, 9.17) is 11.6 Å². The highest BCUT2D eigenvalue weighted by molar-refractivity contribution is 7.20. The molecule has 0 aliphatic heterocycles. The molecule has 4 nitrogen and oxygen atoms in total. The van der Waals surface area contributed by atoms with Crippen molar-refractivity contribution in [3.63, 3.8) is 0 Å². The van der Waals surface area contributed by atoms with Gasteiger partial charge in [-0.15, -0.1) is 11.3 Å². The molecule has 0 unspecified atom stereocenters. The summed E-state index contributed by atoms with van der Waals surface area (Å²) in [5.74, 6) is -1.29. The molecule has 29 heavy (non-hydrogen) atoms. The maximum absolute atomic E-state index is 13.5. The molecule has 0 spiro atoms. The second kappa shape index (κ2) is 7.16. The smallest absolute Gasteiger partial charge is 0.321 e. The van der Waals surface area contributed by atoms with Crippen molar-refractivity contribution in [2.75, 3.05) is 5.32 Å². The number of hydrogen-bond donors (Lipinski definition) is 1. The Morgan fingerprint density at radius 2 is 1.83 bits per heavy atom. The minimum absolute atomic E-state index is 0.0491. The van der Waals surface area contributed by atoms with Gasteiger partial charge >= 0.3 is 6.18 Å². The lowest BCUT2D eigenvalue weighted by Gasteiger charge is -2.05. The molecule has 0 radical (unpaired) electrons. The molecule has 1 N–H and O–H groups in total. The minimum Gasteiger partial charge on any atom is -0.321 e. The number of amides is 1. The van der Waals surface area contributed by atoms with E-state index in [1.54, 1.807) is 30.3 Å². The van der Waals surface area contributed by atoms with Gasteiger partial charge in [0.2, 0.25) is 0 Å². The van der Waals surface area contributed by atoms with Crippen LogP contribution in [0.2, 0.25) is 5.02 Å². The van der Waals surface area contributed by atoms with Gasteiger partial charge in [0.25, 0.3) is 5.91 Å². The van der Waals surface area contributed by atoms with E-state index in [-0.39, 0.29) is 25.8 Å². The molecule has 0 atom stereocenters. The first kappa shape index (κ1) is 19.4. The van der Waals surface area contributed by atoms with E-state index in [1.807, 2.05) is 0 Å². The highest BCUT2D eigenvalue weighted by Gasteiger charge is 2.38. The number of para-hydroxylation sites is 1. The predicted molar refractivity (Wildman–Crippen MR) is 103 cm³/mol. The van der Waals surface area contributed by atoms with Gasteiger partial charge in [0.15, 0.2) is 5.69 Å². The van der Waals surface area contributed by atoms with Crippen molar-refractivity contribution in [2.45, 2.75) is 6.18 Å². The third-order valence-corrected chi connectivity index (χ3v) is 5.43. The summed E-state index contributed by atoms with van der Waals surface area (Å²) in [5.41, 5.74) is -0.414. The van der Waals surface area contributed by atoms with E-state index in [2.05, 4.69) is 10.4 Å². The predicted octanol–water partition coefficient (Wildman–Crippen LogP) is 6.15. The van der Waals surface area contributed by atoms with Gasteiger partial charge in [0.1, 0.15) is 10.6 Å². The first-order chi connectivity index (χ1) is 13.7. The second-order valence-electron chi connectivity index (χ2n) is 6.01. The number of fused-ring (bicyclic) bond motifs is 1. The van der Waals surface area contributed by atoms with Gasteiger partial charge in [-0.3, -0.25) is 4.79 Å². The summed E-state index contributed by atoms with van der Waals surface area (Å²) in [6.07, 6.45) is -4.68. The first-order valence-corrected chi connectivity index (χ1v) is 9.35. The van der Waals surface area contributed by atoms with Crippen molar-refractivity contribution in [2.24, 2.45) is 0 Å². The first-order valence-electron chi connectivity index (χ1n) is 8.15. The van der Waals surface area contributed by atoms with E-state index in [9.17, 15) is 22.4 Å². The van der Waals surface area contributed by atoms with E-state index < -0.39 is 23.6 Å². The molecule has 2 heterocycles. The van der Waals surface area contributed by atoms with E-state index in [0.29, 0.717) is 5.69 Å². The van der Waals surface area contributed by atoms with Crippen molar-refractivity contribution in [3.8, 4) is 5.69 Å². The highest BCUT2D eigenvalue weighted by Crippen LogP contribution is 2.39. The van der Waals surface area contributed by atoms with Crippen molar-refractivity contribution in [1.29, 1.82) is 0 Å².